The predicted octanol–water partition coefficient (Wildman–Crippen LogP) is 2.99. The maximum absolute atomic E-state index is 12.1. The summed E-state index contributed by atoms with van der Waals surface area (Å²) in [5.41, 5.74) is 1.34. The van der Waals surface area contributed by atoms with Crippen LogP contribution in [0.3, 0.4) is 0 Å². The van der Waals surface area contributed by atoms with Gasteiger partial charge in [-0.25, -0.2) is 0 Å². The number of methoxy groups -OCH3 is 1. The summed E-state index contributed by atoms with van der Waals surface area (Å²) in [6.07, 6.45) is 5.71. The lowest BCUT2D eigenvalue weighted by Gasteiger charge is -2.31. The van der Waals surface area contributed by atoms with Gasteiger partial charge < -0.3 is 4.74 Å². The lowest BCUT2D eigenvalue weighted by Crippen LogP contribution is -2.40. The molecule has 2 aliphatic rings. The largest absolute Gasteiger partial charge is 0.469 e. The van der Waals surface area contributed by atoms with Gasteiger partial charge in [0.25, 0.3) is 0 Å². The summed E-state index contributed by atoms with van der Waals surface area (Å²) in [5, 5.41) is 0. The molecular formula is C17H23NO2. The average Bonchev–Trinajstić information content (AvgIpc) is 2.75. The number of carbonyl (C=O) groups excluding carboxylic acids is 1. The van der Waals surface area contributed by atoms with Crippen LogP contribution < -0.4 is 0 Å². The van der Waals surface area contributed by atoms with Crippen molar-refractivity contribution in [2.24, 2.45) is 5.92 Å². The Morgan fingerprint density at radius 3 is 2.75 bits per heavy atom. The third kappa shape index (κ3) is 2.59. The van der Waals surface area contributed by atoms with E-state index in [-0.39, 0.29) is 11.9 Å². The summed E-state index contributed by atoms with van der Waals surface area (Å²) < 4.78 is 5.03. The molecule has 0 radical (unpaired) electrons. The van der Waals surface area contributed by atoms with E-state index in [1.165, 1.54) is 25.5 Å². The highest BCUT2D eigenvalue weighted by molar-refractivity contribution is 5.73. The topological polar surface area (TPSA) is 29.5 Å². The second-order valence-corrected chi connectivity index (χ2v) is 6.02. The monoisotopic (exact) mass is 273 g/mol. The highest BCUT2D eigenvalue weighted by atomic mass is 16.5. The number of nitrogens with zero attached hydrogens (tertiary/aromatic N) is 1. The van der Waals surface area contributed by atoms with Crippen molar-refractivity contribution < 1.29 is 9.53 Å². The summed E-state index contributed by atoms with van der Waals surface area (Å²) >= 11 is 0. The highest BCUT2D eigenvalue weighted by Crippen LogP contribution is 2.38. The number of esters is 1. The van der Waals surface area contributed by atoms with E-state index in [4.69, 9.17) is 4.74 Å². The Kier molecular flexibility index (Phi) is 4.06. The Morgan fingerprint density at radius 1 is 1.20 bits per heavy atom. The molecule has 0 spiro atoms. The van der Waals surface area contributed by atoms with Crippen molar-refractivity contribution in [2.45, 2.75) is 50.7 Å². The Bertz CT molecular complexity index is 459. The van der Waals surface area contributed by atoms with E-state index in [0.717, 1.165) is 25.8 Å². The molecule has 3 atom stereocenters. The van der Waals surface area contributed by atoms with Crippen molar-refractivity contribution in [2.75, 3.05) is 7.11 Å². The number of benzene rings is 1. The summed E-state index contributed by atoms with van der Waals surface area (Å²) in [6.45, 7) is 0.962. The van der Waals surface area contributed by atoms with E-state index < -0.39 is 0 Å². The zero-order valence-electron chi connectivity index (χ0n) is 12.1. The van der Waals surface area contributed by atoms with E-state index in [1.54, 1.807) is 0 Å². The second-order valence-electron chi connectivity index (χ2n) is 6.02. The molecule has 0 aliphatic carbocycles. The fraction of sp³-hybridized carbons (Fsp3) is 0.588. The molecule has 1 aromatic carbocycles. The predicted molar refractivity (Wildman–Crippen MR) is 78.2 cm³/mol. The van der Waals surface area contributed by atoms with Gasteiger partial charge >= 0.3 is 5.97 Å². The van der Waals surface area contributed by atoms with Crippen molar-refractivity contribution in [3.05, 3.63) is 35.9 Å². The zero-order chi connectivity index (χ0) is 13.9. The van der Waals surface area contributed by atoms with Crippen LogP contribution in [0, 0.1) is 5.92 Å². The van der Waals surface area contributed by atoms with Gasteiger partial charge in [0.15, 0.2) is 0 Å². The fourth-order valence-corrected chi connectivity index (χ4v) is 3.94. The van der Waals surface area contributed by atoms with Gasteiger partial charge in [-0.15, -0.1) is 0 Å². The van der Waals surface area contributed by atoms with Crippen LogP contribution in [0.5, 0.6) is 0 Å². The van der Waals surface area contributed by atoms with Gasteiger partial charge in [-0.2, -0.15) is 0 Å². The van der Waals surface area contributed by atoms with Crippen molar-refractivity contribution in [1.82, 2.24) is 4.90 Å². The molecule has 3 rings (SSSR count). The third-order valence-electron chi connectivity index (χ3n) is 4.92. The molecule has 20 heavy (non-hydrogen) atoms. The first kappa shape index (κ1) is 13.6. The maximum atomic E-state index is 12.1. The first-order valence-corrected chi connectivity index (χ1v) is 7.67. The minimum Gasteiger partial charge on any atom is -0.469 e. The van der Waals surface area contributed by atoms with E-state index >= 15 is 0 Å². The number of hydrogen-bond donors (Lipinski definition) is 0. The Labute approximate surface area is 120 Å². The molecule has 2 aliphatic heterocycles. The standard InChI is InChI=1S/C17H23NO2/c1-20-17(19)15-9-5-8-14-10-11-16(15)18(14)12-13-6-3-2-4-7-13/h2-4,6-7,14-16H,5,8-12H2,1H3/t14-,15-,16-/m0/s1. The minimum atomic E-state index is -0.0180. The van der Waals surface area contributed by atoms with Crippen molar-refractivity contribution in [3.8, 4) is 0 Å². The first-order valence-electron chi connectivity index (χ1n) is 7.67. The van der Waals surface area contributed by atoms with Gasteiger partial charge in [-0.1, -0.05) is 36.8 Å². The molecule has 2 saturated heterocycles. The molecule has 0 aromatic heterocycles. The number of hydrogen-bond acceptors (Lipinski definition) is 3. The van der Waals surface area contributed by atoms with E-state index in [0.29, 0.717) is 12.1 Å². The lowest BCUT2D eigenvalue weighted by atomic mass is 9.90. The van der Waals surface area contributed by atoms with Gasteiger partial charge in [0, 0.05) is 18.6 Å². The summed E-state index contributed by atoms with van der Waals surface area (Å²) in [5.74, 6) is 0.0480. The zero-order valence-corrected chi connectivity index (χ0v) is 12.1. The molecule has 2 heterocycles. The van der Waals surface area contributed by atoms with Gasteiger partial charge in [0.05, 0.1) is 13.0 Å². The van der Waals surface area contributed by atoms with Crippen LogP contribution in [0.4, 0.5) is 0 Å². The van der Waals surface area contributed by atoms with Crippen LogP contribution in [0.15, 0.2) is 30.3 Å². The van der Waals surface area contributed by atoms with Crippen molar-refractivity contribution >= 4 is 5.97 Å². The Morgan fingerprint density at radius 2 is 2.00 bits per heavy atom. The SMILES string of the molecule is COC(=O)[C@H]1CCC[C@H]2CC[C@@H]1N2Cc1ccccc1. The third-order valence-corrected chi connectivity index (χ3v) is 4.92. The van der Waals surface area contributed by atoms with Crippen LogP contribution >= 0.6 is 0 Å². The highest BCUT2D eigenvalue weighted by Gasteiger charge is 2.43. The molecule has 1 aromatic rings. The molecule has 2 fully saturated rings. The molecule has 0 N–H and O–H groups in total. The van der Waals surface area contributed by atoms with Crippen LogP contribution in [-0.4, -0.2) is 30.1 Å². The summed E-state index contributed by atoms with van der Waals surface area (Å²) in [6, 6.07) is 11.6. The molecule has 3 nitrogen and oxygen atoms in total. The minimum absolute atomic E-state index is 0.0180. The van der Waals surface area contributed by atoms with Gasteiger partial charge in [0.1, 0.15) is 0 Å². The number of rotatable bonds is 3. The van der Waals surface area contributed by atoms with Crippen molar-refractivity contribution in [1.29, 1.82) is 0 Å². The normalized spacial score (nSPS) is 29.9. The van der Waals surface area contributed by atoms with Gasteiger partial charge in [0.2, 0.25) is 0 Å². The maximum Gasteiger partial charge on any atom is 0.310 e. The quantitative estimate of drug-likeness (QED) is 0.793. The fourth-order valence-electron chi connectivity index (χ4n) is 3.94. The van der Waals surface area contributed by atoms with Crippen molar-refractivity contribution in [3.63, 3.8) is 0 Å². The molecule has 0 unspecified atom stereocenters. The van der Waals surface area contributed by atoms with Gasteiger partial charge in [-0.05, 0) is 31.2 Å². The Hall–Kier alpha value is -1.35. The number of fused-ring (bicyclic) bond motifs is 2. The molecule has 3 heteroatoms. The van der Waals surface area contributed by atoms with E-state index in [2.05, 4.69) is 35.2 Å². The van der Waals surface area contributed by atoms with Crippen LogP contribution in [-0.2, 0) is 16.1 Å². The van der Waals surface area contributed by atoms with E-state index in [9.17, 15) is 4.79 Å². The smallest absolute Gasteiger partial charge is 0.310 e. The second kappa shape index (κ2) is 5.96. The molecule has 0 saturated carbocycles. The molecule has 2 bridgehead atoms. The van der Waals surface area contributed by atoms with Crippen LogP contribution in [0.25, 0.3) is 0 Å². The molecule has 108 valence electrons. The van der Waals surface area contributed by atoms with E-state index in [1.807, 2.05) is 0 Å². The van der Waals surface area contributed by atoms with Crippen LogP contribution in [0.2, 0.25) is 0 Å². The van der Waals surface area contributed by atoms with Crippen LogP contribution in [0.1, 0.15) is 37.7 Å². The summed E-state index contributed by atoms with van der Waals surface area (Å²) in [7, 11) is 1.52. The number of carbonyl (C=O) groups is 1. The Balaban J connectivity index is 1.80. The molecule has 0 amide bonds. The number of ether oxygens (including phenoxy) is 1. The van der Waals surface area contributed by atoms with Gasteiger partial charge in [-0.3, -0.25) is 9.69 Å². The lowest BCUT2D eigenvalue weighted by molar-refractivity contribution is -0.147. The molecular weight excluding hydrogens is 250 g/mol. The summed E-state index contributed by atoms with van der Waals surface area (Å²) in [4.78, 5) is 14.6. The average molecular weight is 273 g/mol. The first-order chi connectivity index (χ1) is 9.79.